The molecule has 0 amide bonds. The molecule has 0 unspecified atom stereocenters. The van der Waals surface area contributed by atoms with Gasteiger partial charge >= 0.3 is 0 Å². The van der Waals surface area contributed by atoms with Crippen LogP contribution in [-0.2, 0) is 11.2 Å². The Labute approximate surface area is 118 Å². The highest BCUT2D eigenvalue weighted by Crippen LogP contribution is 2.22. The zero-order valence-electron chi connectivity index (χ0n) is 11.1. The Bertz CT molecular complexity index is 486. The number of aromatic nitrogens is 1. The predicted molar refractivity (Wildman–Crippen MR) is 79.2 cm³/mol. The van der Waals surface area contributed by atoms with Crippen LogP contribution < -0.4 is 0 Å². The minimum Gasteiger partial charge on any atom is -0.379 e. The second-order valence-corrected chi connectivity index (χ2v) is 5.88. The van der Waals surface area contributed by atoms with Crippen molar-refractivity contribution in [2.75, 3.05) is 32.8 Å². The van der Waals surface area contributed by atoms with E-state index < -0.39 is 0 Å². The van der Waals surface area contributed by atoms with Gasteiger partial charge in [0.05, 0.1) is 18.9 Å². The maximum atomic E-state index is 5.38. The van der Waals surface area contributed by atoms with Gasteiger partial charge in [-0.05, 0) is 43.0 Å². The van der Waals surface area contributed by atoms with Gasteiger partial charge in [0.15, 0.2) is 0 Å². The Hall–Kier alpha value is -1.10. The van der Waals surface area contributed by atoms with Crippen molar-refractivity contribution >= 4 is 11.3 Å². The van der Waals surface area contributed by atoms with Gasteiger partial charge in [-0.2, -0.15) is 0 Å². The first-order valence-corrected chi connectivity index (χ1v) is 7.81. The molecule has 2 aromatic rings. The number of aryl methyl sites for hydroxylation is 1. The van der Waals surface area contributed by atoms with Gasteiger partial charge in [0.2, 0.25) is 0 Å². The highest BCUT2D eigenvalue weighted by Gasteiger charge is 2.11. The molecule has 1 saturated heterocycles. The molecular formula is C15H20N2OS. The summed E-state index contributed by atoms with van der Waals surface area (Å²) in [5.74, 6) is 0. The van der Waals surface area contributed by atoms with Crippen LogP contribution in [0.2, 0.25) is 0 Å². The van der Waals surface area contributed by atoms with Crippen LogP contribution in [0.25, 0.3) is 5.69 Å². The molecule has 3 rings (SSSR count). The lowest BCUT2D eigenvalue weighted by molar-refractivity contribution is 0.0375. The molecule has 1 fully saturated rings. The zero-order chi connectivity index (χ0) is 12.9. The molecule has 0 N–H and O–H groups in total. The normalized spacial score (nSPS) is 16.8. The van der Waals surface area contributed by atoms with Gasteiger partial charge in [-0.15, -0.1) is 11.3 Å². The molecule has 4 heteroatoms. The molecule has 0 aliphatic carbocycles. The first-order valence-electron chi connectivity index (χ1n) is 6.93. The minimum atomic E-state index is 0.896. The average Bonchev–Trinajstić information content (AvgIpc) is 3.10. The molecule has 3 nitrogen and oxygen atoms in total. The summed E-state index contributed by atoms with van der Waals surface area (Å²) in [6.07, 6.45) is 6.64. The van der Waals surface area contributed by atoms with E-state index in [2.05, 4.69) is 45.4 Å². The van der Waals surface area contributed by atoms with E-state index in [1.165, 1.54) is 30.0 Å². The van der Waals surface area contributed by atoms with Gasteiger partial charge in [0, 0.05) is 30.4 Å². The maximum Gasteiger partial charge on any atom is 0.0594 e. The van der Waals surface area contributed by atoms with Gasteiger partial charge < -0.3 is 9.30 Å². The Morgan fingerprint density at radius 3 is 2.74 bits per heavy atom. The number of rotatable bonds is 5. The number of nitrogens with zero attached hydrogens (tertiary/aromatic N) is 2. The van der Waals surface area contributed by atoms with Crippen molar-refractivity contribution in [3.63, 3.8) is 0 Å². The number of ether oxygens (including phenoxy) is 1. The minimum absolute atomic E-state index is 0.896. The fourth-order valence-electron chi connectivity index (χ4n) is 2.53. The molecule has 2 aromatic heterocycles. The van der Waals surface area contributed by atoms with E-state index in [1.807, 2.05) is 11.3 Å². The molecule has 3 heterocycles. The van der Waals surface area contributed by atoms with Crippen molar-refractivity contribution < 1.29 is 4.74 Å². The van der Waals surface area contributed by atoms with Crippen molar-refractivity contribution in [1.82, 2.24) is 9.47 Å². The van der Waals surface area contributed by atoms with Gasteiger partial charge in [-0.25, -0.2) is 0 Å². The van der Waals surface area contributed by atoms with E-state index in [4.69, 9.17) is 4.74 Å². The Kier molecular flexibility index (Phi) is 4.33. The van der Waals surface area contributed by atoms with Crippen molar-refractivity contribution in [1.29, 1.82) is 0 Å². The van der Waals surface area contributed by atoms with Crippen LogP contribution in [-0.4, -0.2) is 42.3 Å². The van der Waals surface area contributed by atoms with Crippen LogP contribution in [0.5, 0.6) is 0 Å². The largest absolute Gasteiger partial charge is 0.379 e. The third-order valence-electron chi connectivity index (χ3n) is 3.59. The van der Waals surface area contributed by atoms with E-state index in [-0.39, 0.29) is 0 Å². The second-order valence-electron chi connectivity index (χ2n) is 4.88. The number of morpholine rings is 1. The average molecular weight is 276 g/mol. The third-order valence-corrected chi connectivity index (χ3v) is 4.56. The van der Waals surface area contributed by atoms with E-state index in [9.17, 15) is 0 Å². The first kappa shape index (κ1) is 12.9. The molecule has 1 aliphatic rings. The summed E-state index contributed by atoms with van der Waals surface area (Å²) in [5, 5.41) is 2.19. The van der Waals surface area contributed by atoms with Crippen LogP contribution in [0.15, 0.2) is 36.0 Å². The number of thiophene rings is 1. The standard InChI is InChI=1S/C15H20N2OS/c1-2-8-17(7-1)14-5-13-19-15(14)4-3-6-16-9-11-18-12-10-16/h1-2,5,7-8,13H,3-4,6,9-12H2. The lowest BCUT2D eigenvalue weighted by Crippen LogP contribution is -2.36. The Morgan fingerprint density at radius 1 is 1.16 bits per heavy atom. The summed E-state index contributed by atoms with van der Waals surface area (Å²) in [6, 6.07) is 6.37. The van der Waals surface area contributed by atoms with Crippen molar-refractivity contribution in [2.45, 2.75) is 12.8 Å². The number of hydrogen-bond acceptors (Lipinski definition) is 3. The summed E-state index contributed by atoms with van der Waals surface area (Å²) in [6.45, 7) is 5.16. The molecule has 0 saturated carbocycles. The van der Waals surface area contributed by atoms with Gasteiger partial charge in [-0.1, -0.05) is 0 Å². The molecular weight excluding hydrogens is 256 g/mol. The van der Waals surface area contributed by atoms with E-state index in [0.29, 0.717) is 0 Å². The molecule has 0 bridgehead atoms. The maximum absolute atomic E-state index is 5.38. The highest BCUT2D eigenvalue weighted by molar-refractivity contribution is 7.10. The monoisotopic (exact) mass is 276 g/mol. The summed E-state index contributed by atoms with van der Waals surface area (Å²) < 4.78 is 7.59. The summed E-state index contributed by atoms with van der Waals surface area (Å²) >= 11 is 1.87. The topological polar surface area (TPSA) is 17.4 Å². The summed E-state index contributed by atoms with van der Waals surface area (Å²) in [4.78, 5) is 4.00. The molecule has 0 aromatic carbocycles. The van der Waals surface area contributed by atoms with Crippen molar-refractivity contribution in [3.8, 4) is 5.69 Å². The fourth-order valence-corrected chi connectivity index (χ4v) is 3.45. The Balaban J connectivity index is 1.54. The lowest BCUT2D eigenvalue weighted by Gasteiger charge is -2.26. The lowest BCUT2D eigenvalue weighted by atomic mass is 10.2. The molecule has 0 radical (unpaired) electrons. The van der Waals surface area contributed by atoms with Crippen LogP contribution >= 0.6 is 11.3 Å². The zero-order valence-corrected chi connectivity index (χ0v) is 11.9. The Morgan fingerprint density at radius 2 is 1.95 bits per heavy atom. The van der Waals surface area contributed by atoms with E-state index >= 15 is 0 Å². The quantitative estimate of drug-likeness (QED) is 0.835. The van der Waals surface area contributed by atoms with Crippen LogP contribution in [0.4, 0.5) is 0 Å². The SMILES string of the molecule is c1ccn(-c2ccsc2CCCN2CCOCC2)c1. The van der Waals surface area contributed by atoms with Crippen LogP contribution in [0.1, 0.15) is 11.3 Å². The van der Waals surface area contributed by atoms with Gasteiger partial charge in [0.1, 0.15) is 0 Å². The summed E-state index contributed by atoms with van der Waals surface area (Å²) in [5.41, 5.74) is 1.34. The molecule has 102 valence electrons. The van der Waals surface area contributed by atoms with Gasteiger partial charge in [0.25, 0.3) is 0 Å². The van der Waals surface area contributed by atoms with Crippen LogP contribution in [0.3, 0.4) is 0 Å². The third kappa shape index (κ3) is 3.26. The predicted octanol–water partition coefficient (Wildman–Crippen LogP) is 2.80. The fraction of sp³-hybridized carbons (Fsp3) is 0.467. The highest BCUT2D eigenvalue weighted by atomic mass is 32.1. The van der Waals surface area contributed by atoms with Gasteiger partial charge in [-0.3, -0.25) is 4.90 Å². The number of hydrogen-bond donors (Lipinski definition) is 0. The smallest absolute Gasteiger partial charge is 0.0594 e. The molecule has 0 spiro atoms. The second kappa shape index (κ2) is 6.37. The van der Waals surface area contributed by atoms with E-state index in [1.54, 1.807) is 0 Å². The first-order chi connectivity index (χ1) is 9.43. The molecule has 1 aliphatic heterocycles. The molecule has 19 heavy (non-hydrogen) atoms. The van der Waals surface area contributed by atoms with Crippen LogP contribution in [0, 0.1) is 0 Å². The van der Waals surface area contributed by atoms with Crippen molar-refractivity contribution in [3.05, 3.63) is 40.8 Å². The van der Waals surface area contributed by atoms with Crippen molar-refractivity contribution in [2.24, 2.45) is 0 Å². The van der Waals surface area contributed by atoms with E-state index in [0.717, 1.165) is 26.3 Å². The molecule has 0 atom stereocenters. The summed E-state index contributed by atoms with van der Waals surface area (Å²) in [7, 11) is 0.